The summed E-state index contributed by atoms with van der Waals surface area (Å²) in [7, 11) is 0. The number of imidazole rings is 1. The van der Waals surface area contributed by atoms with Crippen molar-refractivity contribution in [2.75, 3.05) is 37.4 Å². The first kappa shape index (κ1) is 11.3. The van der Waals surface area contributed by atoms with Crippen LogP contribution in [-0.4, -0.2) is 42.4 Å². The highest BCUT2D eigenvalue weighted by atomic mass is 16.6. The summed E-state index contributed by atoms with van der Waals surface area (Å²) < 4.78 is 10.9. The van der Waals surface area contributed by atoms with Crippen molar-refractivity contribution in [3.05, 3.63) is 18.2 Å². The maximum absolute atomic E-state index is 5.72. The highest BCUT2D eigenvalue weighted by Gasteiger charge is 2.14. The van der Waals surface area contributed by atoms with Crippen molar-refractivity contribution in [1.29, 1.82) is 0 Å². The minimum absolute atomic E-state index is 0.0806. The van der Waals surface area contributed by atoms with Gasteiger partial charge in [0.05, 0.1) is 37.0 Å². The first-order valence-corrected chi connectivity index (χ1v) is 6.00. The van der Waals surface area contributed by atoms with Gasteiger partial charge in [-0.3, -0.25) is 0 Å². The molecule has 1 fully saturated rings. The first-order valence-electron chi connectivity index (χ1n) is 6.00. The lowest BCUT2D eigenvalue weighted by Crippen LogP contribution is -2.34. The summed E-state index contributed by atoms with van der Waals surface area (Å²) in [6, 6.07) is 5.60. The number of hydrogen-bond acceptors (Lipinski definition) is 5. The molecule has 1 atom stereocenters. The summed E-state index contributed by atoms with van der Waals surface area (Å²) in [4.78, 5) is 7.60. The number of nitrogens with two attached hydrogens (primary N) is 1. The number of ether oxygens (including phenoxy) is 2. The van der Waals surface area contributed by atoms with Crippen LogP contribution >= 0.6 is 0 Å². The summed E-state index contributed by atoms with van der Waals surface area (Å²) in [5, 5.41) is 3.21. The molecule has 6 nitrogen and oxygen atoms in total. The van der Waals surface area contributed by atoms with Crippen LogP contribution in [0.4, 0.5) is 11.6 Å². The maximum atomic E-state index is 5.72. The number of benzene rings is 1. The SMILES string of the molecule is Nc1ccc2nc(NCC3COCCO3)[nH]c2c1. The molecule has 1 saturated heterocycles. The first-order chi connectivity index (χ1) is 8.81. The molecule has 18 heavy (non-hydrogen) atoms. The summed E-state index contributed by atoms with van der Waals surface area (Å²) >= 11 is 0. The number of aromatic amines is 1. The third kappa shape index (κ3) is 2.39. The molecule has 1 aromatic heterocycles. The molecule has 3 rings (SSSR count). The van der Waals surface area contributed by atoms with E-state index in [1.54, 1.807) is 0 Å². The van der Waals surface area contributed by atoms with E-state index in [0.717, 1.165) is 22.7 Å². The summed E-state index contributed by atoms with van der Waals surface area (Å²) in [5.41, 5.74) is 8.27. The van der Waals surface area contributed by atoms with E-state index in [4.69, 9.17) is 15.2 Å². The predicted octanol–water partition coefficient (Wildman–Crippen LogP) is 0.972. The third-order valence-electron chi connectivity index (χ3n) is 2.89. The Hall–Kier alpha value is -1.79. The number of hydrogen-bond donors (Lipinski definition) is 3. The van der Waals surface area contributed by atoms with E-state index >= 15 is 0 Å². The van der Waals surface area contributed by atoms with E-state index in [2.05, 4.69) is 15.3 Å². The van der Waals surface area contributed by atoms with Crippen molar-refractivity contribution in [2.24, 2.45) is 0 Å². The van der Waals surface area contributed by atoms with E-state index in [9.17, 15) is 0 Å². The smallest absolute Gasteiger partial charge is 0.201 e. The maximum Gasteiger partial charge on any atom is 0.201 e. The van der Waals surface area contributed by atoms with Gasteiger partial charge < -0.3 is 25.5 Å². The third-order valence-corrected chi connectivity index (χ3v) is 2.89. The van der Waals surface area contributed by atoms with Gasteiger partial charge >= 0.3 is 0 Å². The normalized spacial score (nSPS) is 20.1. The molecule has 1 aromatic carbocycles. The fourth-order valence-electron chi connectivity index (χ4n) is 1.98. The lowest BCUT2D eigenvalue weighted by Gasteiger charge is -2.22. The predicted molar refractivity (Wildman–Crippen MR) is 69.6 cm³/mol. The summed E-state index contributed by atoms with van der Waals surface area (Å²) in [5.74, 6) is 0.727. The summed E-state index contributed by atoms with van der Waals surface area (Å²) in [6.07, 6.45) is 0.0806. The van der Waals surface area contributed by atoms with Gasteiger partial charge in [-0.2, -0.15) is 0 Å². The van der Waals surface area contributed by atoms with Crippen LogP contribution in [0.3, 0.4) is 0 Å². The molecular formula is C12H16N4O2. The van der Waals surface area contributed by atoms with Gasteiger partial charge in [-0.05, 0) is 18.2 Å². The van der Waals surface area contributed by atoms with Crippen molar-refractivity contribution >= 4 is 22.7 Å². The Bertz CT molecular complexity index is 534. The van der Waals surface area contributed by atoms with E-state index in [-0.39, 0.29) is 6.10 Å². The fraction of sp³-hybridized carbons (Fsp3) is 0.417. The second kappa shape index (κ2) is 4.83. The van der Waals surface area contributed by atoms with Crippen LogP contribution in [0.2, 0.25) is 0 Å². The Labute approximate surface area is 104 Å². The van der Waals surface area contributed by atoms with Crippen molar-refractivity contribution in [1.82, 2.24) is 9.97 Å². The average molecular weight is 248 g/mol. The Kier molecular flexibility index (Phi) is 3.04. The largest absolute Gasteiger partial charge is 0.399 e. The fourth-order valence-corrected chi connectivity index (χ4v) is 1.98. The van der Waals surface area contributed by atoms with Crippen molar-refractivity contribution in [3.8, 4) is 0 Å². The molecule has 1 aliphatic rings. The van der Waals surface area contributed by atoms with Gasteiger partial charge in [-0.15, -0.1) is 0 Å². The standard InChI is InChI=1S/C12H16N4O2/c13-8-1-2-10-11(5-8)16-12(15-10)14-6-9-7-17-3-4-18-9/h1-2,5,9H,3-4,6-7,13H2,(H2,14,15,16). The lowest BCUT2D eigenvalue weighted by molar-refractivity contribution is -0.0819. The van der Waals surface area contributed by atoms with Crippen LogP contribution in [0.25, 0.3) is 11.0 Å². The molecule has 1 aliphatic heterocycles. The van der Waals surface area contributed by atoms with Gasteiger partial charge in [0.15, 0.2) is 0 Å². The molecule has 6 heteroatoms. The van der Waals surface area contributed by atoms with Gasteiger partial charge in [0.2, 0.25) is 5.95 Å². The zero-order chi connectivity index (χ0) is 12.4. The molecular weight excluding hydrogens is 232 g/mol. The van der Waals surface area contributed by atoms with Crippen molar-refractivity contribution in [2.45, 2.75) is 6.10 Å². The number of fused-ring (bicyclic) bond motifs is 1. The quantitative estimate of drug-likeness (QED) is 0.705. The molecule has 2 heterocycles. The molecule has 0 spiro atoms. The van der Waals surface area contributed by atoms with Gasteiger partial charge in [0.25, 0.3) is 0 Å². The van der Waals surface area contributed by atoms with Crippen LogP contribution in [0, 0.1) is 0 Å². The average Bonchev–Trinajstić information content (AvgIpc) is 2.79. The number of aromatic nitrogens is 2. The van der Waals surface area contributed by atoms with Crippen LogP contribution in [-0.2, 0) is 9.47 Å². The van der Waals surface area contributed by atoms with Gasteiger partial charge in [0.1, 0.15) is 0 Å². The Morgan fingerprint density at radius 1 is 1.44 bits per heavy atom. The molecule has 2 aromatic rings. The van der Waals surface area contributed by atoms with Gasteiger partial charge in [-0.25, -0.2) is 4.98 Å². The van der Waals surface area contributed by atoms with Gasteiger partial charge in [0, 0.05) is 12.2 Å². The molecule has 4 N–H and O–H groups in total. The number of nitrogen functional groups attached to an aromatic ring is 1. The molecule has 0 amide bonds. The minimum Gasteiger partial charge on any atom is -0.399 e. The monoisotopic (exact) mass is 248 g/mol. The zero-order valence-electron chi connectivity index (χ0n) is 9.98. The molecule has 0 saturated carbocycles. The number of nitrogens with zero attached hydrogens (tertiary/aromatic N) is 1. The van der Waals surface area contributed by atoms with Crippen LogP contribution in [0.1, 0.15) is 0 Å². The number of H-pyrrole nitrogens is 1. The van der Waals surface area contributed by atoms with Crippen LogP contribution in [0.15, 0.2) is 18.2 Å². The summed E-state index contributed by atoms with van der Waals surface area (Å²) in [6.45, 7) is 2.64. The Morgan fingerprint density at radius 3 is 3.22 bits per heavy atom. The number of nitrogens with one attached hydrogen (secondary N) is 2. The van der Waals surface area contributed by atoms with Crippen molar-refractivity contribution < 1.29 is 9.47 Å². The van der Waals surface area contributed by atoms with Crippen molar-refractivity contribution in [3.63, 3.8) is 0 Å². The Morgan fingerprint density at radius 2 is 2.39 bits per heavy atom. The minimum atomic E-state index is 0.0806. The van der Waals surface area contributed by atoms with E-state index in [1.807, 2.05) is 18.2 Å². The molecule has 0 radical (unpaired) electrons. The molecule has 0 bridgehead atoms. The van der Waals surface area contributed by atoms with E-state index < -0.39 is 0 Å². The Balaban J connectivity index is 1.67. The zero-order valence-corrected chi connectivity index (χ0v) is 9.98. The second-order valence-corrected chi connectivity index (χ2v) is 4.31. The highest BCUT2D eigenvalue weighted by molar-refractivity contribution is 5.80. The second-order valence-electron chi connectivity index (χ2n) is 4.31. The number of rotatable bonds is 3. The van der Waals surface area contributed by atoms with Crippen LogP contribution < -0.4 is 11.1 Å². The molecule has 1 unspecified atom stereocenters. The molecule has 0 aliphatic carbocycles. The van der Waals surface area contributed by atoms with Crippen LogP contribution in [0.5, 0.6) is 0 Å². The van der Waals surface area contributed by atoms with E-state index in [0.29, 0.717) is 26.4 Å². The van der Waals surface area contributed by atoms with E-state index in [1.165, 1.54) is 0 Å². The highest BCUT2D eigenvalue weighted by Crippen LogP contribution is 2.17. The number of anilines is 2. The topological polar surface area (TPSA) is 85.2 Å². The molecule has 96 valence electrons. The van der Waals surface area contributed by atoms with Gasteiger partial charge in [-0.1, -0.05) is 0 Å². The lowest BCUT2D eigenvalue weighted by atomic mass is 10.3.